The van der Waals surface area contributed by atoms with Gasteiger partial charge in [-0.15, -0.1) is 6.58 Å². The summed E-state index contributed by atoms with van der Waals surface area (Å²) in [5.74, 6) is 1.36. The van der Waals surface area contributed by atoms with Gasteiger partial charge in [-0.05, 0) is 37.1 Å². The third kappa shape index (κ3) is 2.27. The van der Waals surface area contributed by atoms with E-state index in [0.29, 0.717) is 5.92 Å². The third-order valence-corrected chi connectivity index (χ3v) is 2.85. The molecule has 1 aromatic carbocycles. The van der Waals surface area contributed by atoms with Crippen LogP contribution < -0.4 is 10.1 Å². The zero-order chi connectivity index (χ0) is 11.5. The predicted octanol–water partition coefficient (Wildman–Crippen LogP) is 2.85. The smallest absolute Gasteiger partial charge is 0.120 e. The Balaban J connectivity index is 2.31. The fourth-order valence-corrected chi connectivity index (χ4v) is 2.11. The van der Waals surface area contributed by atoms with Crippen molar-refractivity contribution >= 4 is 0 Å². The zero-order valence-corrected chi connectivity index (χ0v) is 9.99. The van der Waals surface area contributed by atoms with Gasteiger partial charge in [0, 0.05) is 19.0 Å². The summed E-state index contributed by atoms with van der Waals surface area (Å²) in [6.07, 6.45) is 2.23. The molecule has 1 heterocycles. The lowest BCUT2D eigenvalue weighted by Crippen LogP contribution is -2.27. The normalized spacial score (nSPS) is 19.3. The van der Waals surface area contributed by atoms with Gasteiger partial charge in [-0.3, -0.25) is 0 Å². The van der Waals surface area contributed by atoms with Gasteiger partial charge in [-0.2, -0.15) is 0 Å². The maximum absolute atomic E-state index is 5.72. The molecule has 0 spiro atoms. The van der Waals surface area contributed by atoms with E-state index >= 15 is 0 Å². The molecule has 0 fully saturated rings. The molecule has 1 aliphatic heterocycles. The maximum Gasteiger partial charge on any atom is 0.120 e. The summed E-state index contributed by atoms with van der Waals surface area (Å²) in [6.45, 7) is 9.91. The van der Waals surface area contributed by atoms with Crippen LogP contribution in [0.15, 0.2) is 30.9 Å². The number of rotatable bonds is 3. The van der Waals surface area contributed by atoms with Gasteiger partial charge in [0.2, 0.25) is 0 Å². The molecule has 0 radical (unpaired) electrons. The molecule has 0 aliphatic carbocycles. The van der Waals surface area contributed by atoms with Gasteiger partial charge in [0.15, 0.2) is 0 Å². The topological polar surface area (TPSA) is 21.3 Å². The van der Waals surface area contributed by atoms with Crippen LogP contribution in [0.1, 0.15) is 30.9 Å². The second kappa shape index (κ2) is 4.71. The second-order valence-electron chi connectivity index (χ2n) is 4.50. The third-order valence-electron chi connectivity index (χ3n) is 2.85. The number of fused-ring (bicyclic) bond motifs is 1. The summed E-state index contributed by atoms with van der Waals surface area (Å²) in [6, 6.07) is 6.35. The molecule has 2 nitrogen and oxygen atoms in total. The van der Waals surface area contributed by atoms with Crippen LogP contribution in [0.3, 0.4) is 0 Å². The van der Waals surface area contributed by atoms with Crippen molar-refractivity contribution < 1.29 is 4.74 Å². The molecule has 1 aromatic rings. The Hall–Kier alpha value is -1.28. The van der Waals surface area contributed by atoms with Crippen molar-refractivity contribution in [3.8, 4) is 5.75 Å². The van der Waals surface area contributed by atoms with Crippen molar-refractivity contribution in [2.45, 2.75) is 32.4 Å². The Bertz CT molecular complexity index is 384. The first-order valence-electron chi connectivity index (χ1n) is 5.83. The molecule has 1 atom stereocenters. The SMILES string of the molecule is C=CC1CNCc2ccc(OC(C)C)cc21. The number of hydrogen-bond donors (Lipinski definition) is 1. The first-order chi connectivity index (χ1) is 7.70. The summed E-state index contributed by atoms with van der Waals surface area (Å²) < 4.78 is 5.72. The van der Waals surface area contributed by atoms with Gasteiger partial charge in [-0.1, -0.05) is 12.1 Å². The average molecular weight is 217 g/mol. The van der Waals surface area contributed by atoms with Crippen LogP contribution in [0, 0.1) is 0 Å². The highest BCUT2D eigenvalue weighted by Gasteiger charge is 2.17. The van der Waals surface area contributed by atoms with E-state index in [4.69, 9.17) is 4.74 Å². The van der Waals surface area contributed by atoms with Gasteiger partial charge in [0.25, 0.3) is 0 Å². The lowest BCUT2D eigenvalue weighted by atomic mass is 9.91. The van der Waals surface area contributed by atoms with E-state index in [1.165, 1.54) is 11.1 Å². The van der Waals surface area contributed by atoms with Crippen molar-refractivity contribution in [1.29, 1.82) is 0 Å². The van der Waals surface area contributed by atoms with E-state index in [9.17, 15) is 0 Å². The van der Waals surface area contributed by atoms with Gasteiger partial charge < -0.3 is 10.1 Å². The highest BCUT2D eigenvalue weighted by Crippen LogP contribution is 2.28. The van der Waals surface area contributed by atoms with Gasteiger partial charge in [0.05, 0.1) is 6.10 Å². The highest BCUT2D eigenvalue weighted by molar-refractivity contribution is 5.41. The van der Waals surface area contributed by atoms with Crippen molar-refractivity contribution in [1.82, 2.24) is 5.32 Å². The van der Waals surface area contributed by atoms with Crippen LogP contribution in [0.2, 0.25) is 0 Å². The summed E-state index contributed by atoms with van der Waals surface area (Å²) in [5.41, 5.74) is 2.71. The number of ether oxygens (including phenoxy) is 1. The number of nitrogens with one attached hydrogen (secondary N) is 1. The van der Waals surface area contributed by atoms with Gasteiger partial charge >= 0.3 is 0 Å². The molecule has 2 rings (SSSR count). The van der Waals surface area contributed by atoms with Crippen LogP contribution >= 0.6 is 0 Å². The van der Waals surface area contributed by atoms with Crippen LogP contribution in [0.5, 0.6) is 5.75 Å². The average Bonchev–Trinajstić information content (AvgIpc) is 2.27. The molecule has 0 aromatic heterocycles. The molecule has 16 heavy (non-hydrogen) atoms. The Morgan fingerprint density at radius 2 is 2.31 bits per heavy atom. The minimum atomic E-state index is 0.224. The molecular weight excluding hydrogens is 198 g/mol. The predicted molar refractivity (Wildman–Crippen MR) is 66.9 cm³/mol. The molecule has 0 saturated heterocycles. The minimum absolute atomic E-state index is 0.224. The van der Waals surface area contributed by atoms with E-state index < -0.39 is 0 Å². The quantitative estimate of drug-likeness (QED) is 0.786. The fourth-order valence-electron chi connectivity index (χ4n) is 2.11. The Morgan fingerprint density at radius 1 is 1.50 bits per heavy atom. The van der Waals surface area contributed by atoms with E-state index in [1.54, 1.807) is 0 Å². The number of hydrogen-bond acceptors (Lipinski definition) is 2. The molecule has 0 amide bonds. The van der Waals surface area contributed by atoms with Crippen LogP contribution in [-0.2, 0) is 6.54 Å². The Labute approximate surface area is 97.3 Å². The van der Waals surface area contributed by atoms with Gasteiger partial charge in [0.1, 0.15) is 5.75 Å². The lowest BCUT2D eigenvalue weighted by Gasteiger charge is -2.25. The van der Waals surface area contributed by atoms with E-state index in [1.807, 2.05) is 26.0 Å². The largest absolute Gasteiger partial charge is 0.491 e. The van der Waals surface area contributed by atoms with E-state index in [2.05, 4.69) is 24.0 Å². The fraction of sp³-hybridized carbons (Fsp3) is 0.429. The first kappa shape index (κ1) is 11.2. The summed E-state index contributed by atoms with van der Waals surface area (Å²) in [4.78, 5) is 0. The van der Waals surface area contributed by atoms with Crippen molar-refractivity contribution in [2.75, 3.05) is 6.54 Å². The second-order valence-corrected chi connectivity index (χ2v) is 4.50. The standard InChI is InChI=1S/C14H19NO/c1-4-11-8-15-9-12-5-6-13(7-14(11)12)16-10(2)3/h4-7,10-11,15H,1,8-9H2,2-3H3. The van der Waals surface area contributed by atoms with E-state index in [-0.39, 0.29) is 6.10 Å². The molecule has 1 N–H and O–H groups in total. The Morgan fingerprint density at radius 3 is 3.00 bits per heavy atom. The highest BCUT2D eigenvalue weighted by atomic mass is 16.5. The minimum Gasteiger partial charge on any atom is -0.491 e. The molecular formula is C14H19NO. The van der Waals surface area contributed by atoms with Crippen LogP contribution in [0.4, 0.5) is 0 Å². The lowest BCUT2D eigenvalue weighted by molar-refractivity contribution is 0.242. The zero-order valence-electron chi connectivity index (χ0n) is 9.99. The van der Waals surface area contributed by atoms with Crippen molar-refractivity contribution in [3.05, 3.63) is 42.0 Å². The number of benzene rings is 1. The summed E-state index contributed by atoms with van der Waals surface area (Å²) in [7, 11) is 0. The van der Waals surface area contributed by atoms with Crippen LogP contribution in [0.25, 0.3) is 0 Å². The molecule has 1 unspecified atom stereocenters. The maximum atomic E-state index is 5.72. The molecule has 2 heteroatoms. The molecule has 1 aliphatic rings. The molecule has 86 valence electrons. The summed E-state index contributed by atoms with van der Waals surface area (Å²) >= 11 is 0. The monoisotopic (exact) mass is 217 g/mol. The van der Waals surface area contributed by atoms with Crippen LogP contribution in [-0.4, -0.2) is 12.6 Å². The van der Waals surface area contributed by atoms with Gasteiger partial charge in [-0.25, -0.2) is 0 Å². The Kier molecular flexibility index (Phi) is 3.30. The first-order valence-corrected chi connectivity index (χ1v) is 5.83. The summed E-state index contributed by atoms with van der Waals surface area (Å²) in [5, 5.41) is 3.39. The molecule has 0 saturated carbocycles. The van der Waals surface area contributed by atoms with Crippen molar-refractivity contribution in [2.24, 2.45) is 0 Å². The molecule has 0 bridgehead atoms. The van der Waals surface area contributed by atoms with E-state index in [0.717, 1.165) is 18.8 Å². The van der Waals surface area contributed by atoms with Crippen molar-refractivity contribution in [3.63, 3.8) is 0 Å².